The number of aryl methyl sites for hydroxylation is 1. The molecule has 1 aromatic heterocycles. The van der Waals surface area contributed by atoms with E-state index in [0.29, 0.717) is 5.41 Å². The molecule has 150 valence electrons. The van der Waals surface area contributed by atoms with Gasteiger partial charge in [-0.3, -0.25) is 9.36 Å². The first-order valence-corrected chi connectivity index (χ1v) is 10.6. The normalized spacial score (nSPS) is 22.6. The number of piperidine rings is 1. The van der Waals surface area contributed by atoms with Crippen LogP contribution in [0.4, 0.5) is 0 Å². The molecule has 2 fully saturated rings. The molecule has 0 saturated carbocycles. The zero-order valence-electron chi connectivity index (χ0n) is 17.3. The highest BCUT2D eigenvalue weighted by molar-refractivity contribution is 5.97. The smallest absolute Gasteiger partial charge is 0.253 e. The van der Waals surface area contributed by atoms with Crippen LogP contribution in [0.2, 0.25) is 0 Å². The van der Waals surface area contributed by atoms with E-state index in [-0.39, 0.29) is 5.91 Å². The number of imidazole rings is 1. The molecule has 29 heavy (non-hydrogen) atoms. The molecule has 2 saturated heterocycles. The van der Waals surface area contributed by atoms with E-state index in [0.717, 1.165) is 48.3 Å². The lowest BCUT2D eigenvalue weighted by Crippen LogP contribution is -2.43. The van der Waals surface area contributed by atoms with Gasteiger partial charge in [-0.05, 0) is 75.7 Å². The quantitative estimate of drug-likeness (QED) is 0.669. The summed E-state index contributed by atoms with van der Waals surface area (Å²) < 4.78 is 2.08. The number of aromatic nitrogens is 2. The Morgan fingerprint density at radius 1 is 1.07 bits per heavy atom. The second-order valence-corrected chi connectivity index (χ2v) is 8.98. The molecule has 0 aliphatic carbocycles. The van der Waals surface area contributed by atoms with Gasteiger partial charge in [-0.25, -0.2) is 4.98 Å². The van der Waals surface area contributed by atoms with Crippen LogP contribution in [0.15, 0.2) is 48.8 Å². The number of likely N-dealkylation sites (tertiary alicyclic amines) is 2. The molecule has 0 radical (unpaired) electrons. The number of rotatable bonds is 2. The van der Waals surface area contributed by atoms with Crippen LogP contribution in [0.5, 0.6) is 0 Å². The second-order valence-electron chi connectivity index (χ2n) is 8.98. The average Bonchev–Trinajstić information content (AvgIpc) is 3.31. The van der Waals surface area contributed by atoms with Crippen LogP contribution in [0.3, 0.4) is 0 Å². The molecular formula is C24H28N4O. The van der Waals surface area contributed by atoms with Crippen LogP contribution in [-0.4, -0.2) is 58.5 Å². The van der Waals surface area contributed by atoms with Crippen molar-refractivity contribution < 1.29 is 4.79 Å². The molecule has 1 unspecified atom stereocenters. The summed E-state index contributed by atoms with van der Waals surface area (Å²) in [5.41, 5.74) is 5.23. The van der Waals surface area contributed by atoms with Crippen molar-refractivity contribution in [2.45, 2.75) is 26.2 Å². The van der Waals surface area contributed by atoms with E-state index in [1.807, 2.05) is 24.5 Å². The summed E-state index contributed by atoms with van der Waals surface area (Å²) in [6, 6.07) is 14.3. The lowest BCUT2D eigenvalue weighted by Gasteiger charge is -2.38. The Hall–Kier alpha value is -2.66. The monoisotopic (exact) mass is 388 g/mol. The van der Waals surface area contributed by atoms with Crippen LogP contribution in [0.25, 0.3) is 16.7 Å². The maximum Gasteiger partial charge on any atom is 0.253 e. The number of hydrogen-bond donors (Lipinski definition) is 0. The van der Waals surface area contributed by atoms with Crippen molar-refractivity contribution in [3.63, 3.8) is 0 Å². The molecule has 1 atom stereocenters. The van der Waals surface area contributed by atoms with Gasteiger partial charge in [0.2, 0.25) is 0 Å². The molecule has 5 heteroatoms. The van der Waals surface area contributed by atoms with Gasteiger partial charge in [0.1, 0.15) is 6.33 Å². The summed E-state index contributed by atoms with van der Waals surface area (Å²) in [6.07, 6.45) is 5.44. The van der Waals surface area contributed by atoms with Crippen LogP contribution >= 0.6 is 0 Å². The Morgan fingerprint density at radius 2 is 1.97 bits per heavy atom. The third kappa shape index (κ3) is 3.33. The molecule has 5 rings (SSSR count). The van der Waals surface area contributed by atoms with Gasteiger partial charge >= 0.3 is 0 Å². The Kier molecular flexibility index (Phi) is 4.43. The first kappa shape index (κ1) is 18.4. The minimum absolute atomic E-state index is 0.141. The van der Waals surface area contributed by atoms with E-state index >= 15 is 0 Å². The fourth-order valence-electron chi connectivity index (χ4n) is 5.21. The van der Waals surface area contributed by atoms with E-state index in [1.165, 1.54) is 24.9 Å². The van der Waals surface area contributed by atoms with Crippen molar-refractivity contribution in [1.82, 2.24) is 19.4 Å². The van der Waals surface area contributed by atoms with Crippen molar-refractivity contribution in [1.29, 1.82) is 0 Å². The average molecular weight is 389 g/mol. The van der Waals surface area contributed by atoms with Crippen molar-refractivity contribution in [3.05, 3.63) is 59.9 Å². The summed E-state index contributed by atoms with van der Waals surface area (Å²) >= 11 is 0. The first-order chi connectivity index (χ1) is 14.0. The lowest BCUT2D eigenvalue weighted by molar-refractivity contribution is 0.0722. The third-order valence-electron chi connectivity index (χ3n) is 6.65. The maximum atomic E-state index is 13.2. The predicted molar refractivity (Wildman–Crippen MR) is 115 cm³/mol. The number of benzene rings is 2. The van der Waals surface area contributed by atoms with Crippen LogP contribution < -0.4 is 0 Å². The van der Waals surface area contributed by atoms with Gasteiger partial charge in [0.25, 0.3) is 5.91 Å². The van der Waals surface area contributed by atoms with Crippen molar-refractivity contribution in [2.24, 2.45) is 5.41 Å². The Labute approximate surface area is 171 Å². The summed E-state index contributed by atoms with van der Waals surface area (Å²) in [7, 11) is 2.20. The van der Waals surface area contributed by atoms with Gasteiger partial charge in [-0.2, -0.15) is 0 Å². The van der Waals surface area contributed by atoms with Gasteiger partial charge in [0.05, 0.1) is 11.0 Å². The van der Waals surface area contributed by atoms with Crippen LogP contribution in [0, 0.1) is 12.3 Å². The highest BCUT2D eigenvalue weighted by atomic mass is 16.2. The van der Waals surface area contributed by atoms with Gasteiger partial charge in [0, 0.05) is 36.3 Å². The van der Waals surface area contributed by atoms with E-state index < -0.39 is 0 Å². The molecule has 3 aromatic rings. The second kappa shape index (κ2) is 6.99. The lowest BCUT2D eigenvalue weighted by atomic mass is 9.79. The van der Waals surface area contributed by atoms with Crippen LogP contribution in [0.1, 0.15) is 35.2 Å². The fraction of sp³-hybridized carbons (Fsp3) is 0.417. The number of fused-ring (bicyclic) bond motifs is 1. The fourth-order valence-corrected chi connectivity index (χ4v) is 5.21. The van der Waals surface area contributed by atoms with Crippen molar-refractivity contribution in [3.8, 4) is 5.69 Å². The van der Waals surface area contributed by atoms with E-state index in [1.54, 1.807) is 0 Å². The molecule has 2 aliphatic rings. The zero-order chi connectivity index (χ0) is 20.0. The summed E-state index contributed by atoms with van der Waals surface area (Å²) in [6.45, 7) is 6.12. The highest BCUT2D eigenvalue weighted by Gasteiger charge is 2.42. The molecule has 0 N–H and O–H groups in total. The van der Waals surface area contributed by atoms with Crippen molar-refractivity contribution in [2.75, 3.05) is 33.2 Å². The van der Waals surface area contributed by atoms with Crippen LogP contribution in [-0.2, 0) is 0 Å². The van der Waals surface area contributed by atoms with Gasteiger partial charge < -0.3 is 9.80 Å². The maximum absolute atomic E-state index is 13.2. The number of carbonyl (C=O) groups excluding carboxylic acids is 1. The van der Waals surface area contributed by atoms with E-state index in [2.05, 4.69) is 57.6 Å². The summed E-state index contributed by atoms with van der Waals surface area (Å²) in [5.74, 6) is 0.141. The molecule has 2 aromatic carbocycles. The molecular weight excluding hydrogens is 360 g/mol. The molecule has 1 spiro atoms. The molecule has 2 aliphatic heterocycles. The van der Waals surface area contributed by atoms with Gasteiger partial charge in [0.15, 0.2) is 0 Å². The van der Waals surface area contributed by atoms with E-state index in [4.69, 9.17) is 0 Å². The van der Waals surface area contributed by atoms with Crippen molar-refractivity contribution >= 4 is 16.9 Å². The molecule has 1 amide bonds. The zero-order valence-corrected chi connectivity index (χ0v) is 17.3. The number of amides is 1. The number of hydrogen-bond acceptors (Lipinski definition) is 3. The SMILES string of the molecule is Cc1cccc(-n2cnc3cc(C(=O)N4CCC5(CCCN(C)C5)C4)ccc32)c1. The summed E-state index contributed by atoms with van der Waals surface area (Å²) in [4.78, 5) is 22.2. The Morgan fingerprint density at radius 3 is 2.79 bits per heavy atom. The van der Waals surface area contributed by atoms with Gasteiger partial charge in [-0.1, -0.05) is 12.1 Å². The van der Waals surface area contributed by atoms with E-state index in [9.17, 15) is 4.79 Å². The minimum Gasteiger partial charge on any atom is -0.338 e. The standard InChI is InChI=1S/C24H28N4O/c1-18-5-3-6-20(13-18)28-17-25-21-14-19(7-8-22(21)28)23(29)27-12-10-24(16-27)9-4-11-26(2)15-24/h3,5-8,13-14,17H,4,9-12,15-16H2,1-2H3. The molecule has 3 heterocycles. The topological polar surface area (TPSA) is 41.4 Å². The number of nitrogens with zero attached hydrogens (tertiary/aromatic N) is 4. The third-order valence-corrected chi connectivity index (χ3v) is 6.65. The predicted octanol–water partition coefficient (Wildman–Crippen LogP) is 3.89. The highest BCUT2D eigenvalue weighted by Crippen LogP contribution is 2.39. The Balaban J connectivity index is 1.39. The molecule has 5 nitrogen and oxygen atoms in total. The molecule has 0 bridgehead atoms. The largest absolute Gasteiger partial charge is 0.338 e. The summed E-state index contributed by atoms with van der Waals surface area (Å²) in [5, 5.41) is 0. The van der Waals surface area contributed by atoms with Gasteiger partial charge in [-0.15, -0.1) is 0 Å². The Bertz CT molecular complexity index is 1070. The minimum atomic E-state index is 0.141. The number of carbonyl (C=O) groups is 1. The first-order valence-electron chi connectivity index (χ1n) is 10.6.